The summed E-state index contributed by atoms with van der Waals surface area (Å²) in [6.07, 6.45) is 2.91. The molecule has 0 unspecified atom stereocenters. The molecule has 0 aromatic carbocycles. The predicted octanol–water partition coefficient (Wildman–Crippen LogP) is -0.201. The van der Waals surface area contributed by atoms with E-state index in [9.17, 15) is 18.3 Å². The molecule has 128 valence electrons. The van der Waals surface area contributed by atoms with E-state index in [0.717, 1.165) is 6.26 Å². The summed E-state index contributed by atoms with van der Waals surface area (Å²) in [5, 5.41) is 10.5. The highest BCUT2D eigenvalue weighted by molar-refractivity contribution is 7.88. The SMILES string of the molecule is CC(=O)N1CCC2(CC1)C[C@H](N(C)S(C)(=O)=O)[C@@](C)(O)CO2. The van der Waals surface area contributed by atoms with Crippen LogP contribution in [0.4, 0.5) is 0 Å². The number of hydrogen-bond acceptors (Lipinski definition) is 5. The van der Waals surface area contributed by atoms with Gasteiger partial charge in [0.2, 0.25) is 15.9 Å². The van der Waals surface area contributed by atoms with Gasteiger partial charge in [0, 0.05) is 27.1 Å². The molecule has 1 amide bonds. The Morgan fingerprint density at radius 3 is 2.36 bits per heavy atom. The van der Waals surface area contributed by atoms with E-state index in [0.29, 0.717) is 32.4 Å². The van der Waals surface area contributed by atoms with Gasteiger partial charge in [-0.15, -0.1) is 0 Å². The van der Waals surface area contributed by atoms with Gasteiger partial charge in [-0.2, -0.15) is 4.31 Å². The molecule has 0 bridgehead atoms. The molecule has 2 aliphatic rings. The van der Waals surface area contributed by atoms with Crippen LogP contribution in [0.15, 0.2) is 0 Å². The van der Waals surface area contributed by atoms with Gasteiger partial charge in [0.25, 0.3) is 0 Å². The topological polar surface area (TPSA) is 87.2 Å². The molecule has 2 aliphatic heterocycles. The molecule has 2 heterocycles. The Bertz CT molecular complexity index is 537. The fourth-order valence-electron chi connectivity index (χ4n) is 3.36. The van der Waals surface area contributed by atoms with E-state index in [-0.39, 0.29) is 12.5 Å². The van der Waals surface area contributed by atoms with Crippen molar-refractivity contribution in [2.45, 2.75) is 50.4 Å². The monoisotopic (exact) mass is 334 g/mol. The molecule has 1 spiro atoms. The maximum absolute atomic E-state index is 11.9. The normalized spacial score (nSPS) is 32.5. The molecule has 2 fully saturated rings. The number of likely N-dealkylation sites (N-methyl/N-ethyl adjacent to an activating group) is 1. The van der Waals surface area contributed by atoms with Crippen molar-refractivity contribution in [3.63, 3.8) is 0 Å². The molecular weight excluding hydrogens is 308 g/mol. The molecule has 1 N–H and O–H groups in total. The third kappa shape index (κ3) is 3.45. The fourth-order valence-corrected chi connectivity index (χ4v) is 4.12. The Kier molecular flexibility index (Phi) is 4.60. The molecular formula is C14H26N2O5S. The highest BCUT2D eigenvalue weighted by atomic mass is 32.2. The van der Waals surface area contributed by atoms with Gasteiger partial charge < -0.3 is 14.7 Å². The second kappa shape index (κ2) is 5.74. The lowest BCUT2D eigenvalue weighted by molar-refractivity contribution is -0.201. The number of rotatable bonds is 2. The first-order chi connectivity index (χ1) is 9.97. The van der Waals surface area contributed by atoms with Crippen molar-refractivity contribution in [2.24, 2.45) is 0 Å². The largest absolute Gasteiger partial charge is 0.386 e. The van der Waals surface area contributed by atoms with Crippen molar-refractivity contribution in [3.05, 3.63) is 0 Å². The van der Waals surface area contributed by atoms with Crippen LogP contribution in [0.2, 0.25) is 0 Å². The Balaban J connectivity index is 2.17. The molecule has 2 saturated heterocycles. The predicted molar refractivity (Wildman–Crippen MR) is 81.8 cm³/mol. The second-order valence-corrected chi connectivity index (χ2v) is 8.88. The molecule has 2 rings (SSSR count). The fraction of sp³-hybridized carbons (Fsp3) is 0.929. The number of piperidine rings is 1. The first-order valence-electron chi connectivity index (χ1n) is 7.52. The van der Waals surface area contributed by atoms with Crippen LogP contribution in [-0.2, 0) is 19.6 Å². The summed E-state index contributed by atoms with van der Waals surface area (Å²) in [4.78, 5) is 13.2. The lowest BCUT2D eigenvalue weighted by Crippen LogP contribution is -2.64. The molecule has 0 aliphatic carbocycles. The minimum Gasteiger partial charge on any atom is -0.386 e. The Morgan fingerprint density at radius 2 is 1.91 bits per heavy atom. The summed E-state index contributed by atoms with van der Waals surface area (Å²) in [7, 11) is -1.90. The number of carbonyl (C=O) groups is 1. The van der Waals surface area contributed by atoms with Crippen molar-refractivity contribution < 1.29 is 23.1 Å². The van der Waals surface area contributed by atoms with Crippen molar-refractivity contribution in [1.82, 2.24) is 9.21 Å². The zero-order valence-electron chi connectivity index (χ0n) is 13.7. The van der Waals surface area contributed by atoms with Gasteiger partial charge in [-0.1, -0.05) is 0 Å². The number of nitrogens with zero attached hydrogens (tertiary/aromatic N) is 2. The van der Waals surface area contributed by atoms with Crippen LogP contribution in [0, 0.1) is 0 Å². The third-order valence-electron chi connectivity index (χ3n) is 5.04. The van der Waals surface area contributed by atoms with Crippen LogP contribution in [0.5, 0.6) is 0 Å². The van der Waals surface area contributed by atoms with Crippen LogP contribution in [0.25, 0.3) is 0 Å². The van der Waals surface area contributed by atoms with E-state index in [1.807, 2.05) is 0 Å². The summed E-state index contributed by atoms with van der Waals surface area (Å²) in [6.45, 7) is 4.46. The molecule has 2 atom stereocenters. The van der Waals surface area contributed by atoms with Gasteiger partial charge >= 0.3 is 0 Å². The maximum atomic E-state index is 11.9. The van der Waals surface area contributed by atoms with Crippen molar-refractivity contribution in [2.75, 3.05) is 33.0 Å². The standard InChI is InChI=1S/C14H26N2O5S/c1-11(17)16-7-5-14(6-8-16)9-12(13(2,18)10-21-14)15(3)22(4,19)20/h12,18H,5-10H2,1-4H3/t12-,13-/m0/s1. The number of ether oxygens (including phenoxy) is 1. The quantitative estimate of drug-likeness (QED) is 0.756. The highest BCUT2D eigenvalue weighted by Gasteiger charge is 2.51. The van der Waals surface area contributed by atoms with Crippen LogP contribution < -0.4 is 0 Å². The van der Waals surface area contributed by atoms with Gasteiger partial charge in [-0.25, -0.2) is 8.42 Å². The maximum Gasteiger partial charge on any atom is 0.219 e. The molecule has 7 nitrogen and oxygen atoms in total. The van der Waals surface area contributed by atoms with Crippen molar-refractivity contribution in [3.8, 4) is 0 Å². The summed E-state index contributed by atoms with van der Waals surface area (Å²) < 4.78 is 30.9. The van der Waals surface area contributed by atoms with Gasteiger partial charge in [0.05, 0.1) is 24.5 Å². The Labute approximate surface area is 132 Å². The van der Waals surface area contributed by atoms with E-state index in [1.165, 1.54) is 11.4 Å². The van der Waals surface area contributed by atoms with E-state index >= 15 is 0 Å². The van der Waals surface area contributed by atoms with Gasteiger partial charge in [-0.05, 0) is 26.2 Å². The number of likely N-dealkylation sites (tertiary alicyclic amines) is 1. The van der Waals surface area contributed by atoms with Crippen LogP contribution >= 0.6 is 0 Å². The highest BCUT2D eigenvalue weighted by Crippen LogP contribution is 2.40. The molecule has 0 saturated carbocycles. The summed E-state index contributed by atoms with van der Waals surface area (Å²) in [6, 6.07) is -0.528. The van der Waals surface area contributed by atoms with Crippen LogP contribution in [-0.4, -0.2) is 78.9 Å². The minimum absolute atomic E-state index is 0.0439. The second-order valence-electron chi connectivity index (χ2n) is 6.83. The van der Waals surface area contributed by atoms with Gasteiger partial charge in [0.15, 0.2) is 0 Å². The average Bonchev–Trinajstić information content (AvgIpc) is 2.41. The first-order valence-corrected chi connectivity index (χ1v) is 9.37. The number of amides is 1. The van der Waals surface area contributed by atoms with E-state index in [1.54, 1.807) is 18.7 Å². The number of sulfonamides is 1. The van der Waals surface area contributed by atoms with Gasteiger partial charge in [-0.3, -0.25) is 4.79 Å². The van der Waals surface area contributed by atoms with E-state index in [4.69, 9.17) is 4.74 Å². The zero-order valence-corrected chi connectivity index (χ0v) is 14.5. The molecule has 22 heavy (non-hydrogen) atoms. The lowest BCUT2D eigenvalue weighted by atomic mass is 9.77. The molecule has 8 heteroatoms. The van der Waals surface area contributed by atoms with Crippen LogP contribution in [0.1, 0.15) is 33.1 Å². The molecule has 0 radical (unpaired) electrons. The number of aliphatic hydroxyl groups is 1. The Morgan fingerprint density at radius 1 is 1.36 bits per heavy atom. The molecule has 0 aromatic heterocycles. The summed E-state index contributed by atoms with van der Waals surface area (Å²) in [5.41, 5.74) is -1.68. The Hall–Kier alpha value is -0.700. The lowest BCUT2D eigenvalue weighted by Gasteiger charge is -2.52. The number of hydrogen-bond donors (Lipinski definition) is 1. The first kappa shape index (κ1) is 17.7. The van der Waals surface area contributed by atoms with Crippen LogP contribution in [0.3, 0.4) is 0 Å². The molecule has 0 aromatic rings. The number of carbonyl (C=O) groups excluding carboxylic acids is 1. The third-order valence-corrected chi connectivity index (χ3v) is 6.34. The summed E-state index contributed by atoms with van der Waals surface area (Å²) in [5.74, 6) is 0.0439. The zero-order chi connectivity index (χ0) is 16.8. The smallest absolute Gasteiger partial charge is 0.219 e. The van der Waals surface area contributed by atoms with Crippen molar-refractivity contribution >= 4 is 15.9 Å². The van der Waals surface area contributed by atoms with Gasteiger partial charge in [0.1, 0.15) is 5.60 Å². The summed E-state index contributed by atoms with van der Waals surface area (Å²) >= 11 is 0. The average molecular weight is 334 g/mol. The van der Waals surface area contributed by atoms with Crippen molar-refractivity contribution in [1.29, 1.82) is 0 Å². The minimum atomic E-state index is -3.40. The van der Waals surface area contributed by atoms with E-state index in [2.05, 4.69) is 0 Å². The van der Waals surface area contributed by atoms with E-state index < -0.39 is 27.3 Å².